The smallest absolute Gasteiger partial charge is 0.413 e. The van der Waals surface area contributed by atoms with Crippen molar-refractivity contribution in [3.63, 3.8) is 0 Å². The van der Waals surface area contributed by atoms with Crippen LogP contribution in [0.2, 0.25) is 0 Å². The molecular weight excluding hydrogens is 454 g/mol. The molecule has 9 heteroatoms. The molecule has 1 heterocycles. The molecule has 0 unspecified atom stereocenters. The second kappa shape index (κ2) is 10.0. The molecule has 3 aromatic rings. The topological polar surface area (TPSA) is 118 Å². The van der Waals surface area contributed by atoms with Crippen LogP contribution in [0, 0.1) is 5.92 Å². The summed E-state index contributed by atoms with van der Waals surface area (Å²) in [5.41, 5.74) is 4.53. The van der Waals surface area contributed by atoms with Gasteiger partial charge >= 0.3 is 12.1 Å². The Bertz CT molecular complexity index is 1180. The highest BCUT2D eigenvalue weighted by molar-refractivity contribution is 7.14. The van der Waals surface area contributed by atoms with Crippen LogP contribution in [0.5, 0.6) is 0 Å². The maximum atomic E-state index is 12.4. The number of rotatable bonds is 8. The van der Waals surface area contributed by atoms with Gasteiger partial charge in [-0.25, -0.2) is 14.6 Å². The van der Waals surface area contributed by atoms with Crippen molar-refractivity contribution < 1.29 is 24.2 Å². The summed E-state index contributed by atoms with van der Waals surface area (Å²) in [5.74, 6) is -1.67. The number of carboxylic acid groups (broad SMARTS) is 1. The quantitative estimate of drug-likeness (QED) is 0.430. The van der Waals surface area contributed by atoms with Gasteiger partial charge in [-0.05, 0) is 34.6 Å². The van der Waals surface area contributed by atoms with Crippen molar-refractivity contribution in [3.05, 3.63) is 70.7 Å². The number of hydrogen-bond acceptors (Lipinski definition) is 6. The molecule has 34 heavy (non-hydrogen) atoms. The molecule has 4 rings (SSSR count). The Morgan fingerprint density at radius 3 is 2.26 bits per heavy atom. The lowest BCUT2D eigenvalue weighted by Crippen LogP contribution is -2.41. The third-order valence-corrected chi connectivity index (χ3v) is 6.36. The third-order valence-electron chi connectivity index (χ3n) is 5.60. The van der Waals surface area contributed by atoms with E-state index in [4.69, 9.17) is 4.74 Å². The number of nitrogens with zero attached hydrogens (tertiary/aromatic N) is 1. The van der Waals surface area contributed by atoms with Crippen LogP contribution in [-0.2, 0) is 9.53 Å². The van der Waals surface area contributed by atoms with Crippen LogP contribution in [-0.4, -0.2) is 40.7 Å². The number of carboxylic acids is 1. The van der Waals surface area contributed by atoms with Crippen LogP contribution >= 0.6 is 11.3 Å². The van der Waals surface area contributed by atoms with Crippen LogP contribution in [0.4, 0.5) is 9.93 Å². The summed E-state index contributed by atoms with van der Waals surface area (Å²) in [5, 5.41) is 16.0. The van der Waals surface area contributed by atoms with E-state index < -0.39 is 24.0 Å². The van der Waals surface area contributed by atoms with Gasteiger partial charge < -0.3 is 15.2 Å². The summed E-state index contributed by atoms with van der Waals surface area (Å²) in [4.78, 5) is 40.3. The second-order valence-electron chi connectivity index (χ2n) is 8.48. The summed E-state index contributed by atoms with van der Waals surface area (Å²) in [6, 6.07) is 15.1. The van der Waals surface area contributed by atoms with Gasteiger partial charge in [-0.15, -0.1) is 11.3 Å². The first-order chi connectivity index (χ1) is 16.3. The number of ether oxygens (including phenoxy) is 1. The average Bonchev–Trinajstić information content (AvgIpc) is 3.39. The first kappa shape index (κ1) is 23.4. The van der Waals surface area contributed by atoms with Crippen molar-refractivity contribution in [2.45, 2.75) is 32.2 Å². The van der Waals surface area contributed by atoms with E-state index in [-0.39, 0.29) is 29.3 Å². The predicted octanol–water partition coefficient (Wildman–Crippen LogP) is 4.73. The van der Waals surface area contributed by atoms with Crippen molar-refractivity contribution in [1.82, 2.24) is 10.3 Å². The molecule has 0 saturated heterocycles. The van der Waals surface area contributed by atoms with Gasteiger partial charge in [0.15, 0.2) is 5.13 Å². The van der Waals surface area contributed by atoms with Crippen LogP contribution in [0.3, 0.4) is 0 Å². The van der Waals surface area contributed by atoms with Crippen molar-refractivity contribution in [2.24, 2.45) is 5.92 Å². The minimum absolute atomic E-state index is 0.0361. The number of carbonyl (C=O) groups excluding carboxylic acids is 2. The predicted molar refractivity (Wildman–Crippen MR) is 129 cm³/mol. The van der Waals surface area contributed by atoms with Crippen molar-refractivity contribution in [1.29, 1.82) is 0 Å². The number of benzene rings is 2. The van der Waals surface area contributed by atoms with E-state index in [9.17, 15) is 19.5 Å². The van der Waals surface area contributed by atoms with E-state index in [0.717, 1.165) is 33.6 Å². The fourth-order valence-electron chi connectivity index (χ4n) is 4.08. The monoisotopic (exact) mass is 479 g/mol. The molecule has 8 nitrogen and oxygen atoms in total. The molecule has 0 fully saturated rings. The molecule has 2 amide bonds. The first-order valence-electron chi connectivity index (χ1n) is 10.9. The van der Waals surface area contributed by atoms with E-state index in [1.807, 2.05) is 50.2 Å². The van der Waals surface area contributed by atoms with Gasteiger partial charge in [-0.2, -0.15) is 0 Å². The Balaban J connectivity index is 1.36. The lowest BCUT2D eigenvalue weighted by atomic mass is 9.98. The highest BCUT2D eigenvalue weighted by atomic mass is 32.1. The number of amides is 2. The summed E-state index contributed by atoms with van der Waals surface area (Å²) < 4.78 is 5.49. The molecule has 176 valence electrons. The van der Waals surface area contributed by atoms with E-state index in [2.05, 4.69) is 27.8 Å². The Morgan fingerprint density at radius 2 is 1.68 bits per heavy atom. The zero-order valence-electron chi connectivity index (χ0n) is 18.8. The highest BCUT2D eigenvalue weighted by Crippen LogP contribution is 2.44. The Kier molecular flexibility index (Phi) is 6.93. The Labute approximate surface area is 201 Å². The van der Waals surface area contributed by atoms with E-state index >= 15 is 0 Å². The number of thiazole rings is 1. The number of aromatic nitrogens is 1. The minimum atomic E-state index is -1.10. The number of aliphatic carboxylic acids is 1. The fourth-order valence-corrected chi connectivity index (χ4v) is 4.76. The van der Waals surface area contributed by atoms with Crippen LogP contribution < -0.4 is 10.6 Å². The molecule has 1 atom stereocenters. The molecule has 2 aromatic carbocycles. The van der Waals surface area contributed by atoms with Gasteiger partial charge in [0, 0.05) is 11.3 Å². The zero-order chi connectivity index (χ0) is 24.2. The van der Waals surface area contributed by atoms with Gasteiger partial charge in [0.2, 0.25) is 0 Å². The largest absolute Gasteiger partial charge is 0.480 e. The number of anilines is 1. The second-order valence-corrected chi connectivity index (χ2v) is 9.34. The highest BCUT2D eigenvalue weighted by Gasteiger charge is 2.29. The first-order valence-corrected chi connectivity index (χ1v) is 11.8. The van der Waals surface area contributed by atoms with E-state index in [1.165, 1.54) is 5.38 Å². The summed E-state index contributed by atoms with van der Waals surface area (Å²) in [6.07, 6.45) is -0.373. The molecule has 0 radical (unpaired) electrons. The van der Waals surface area contributed by atoms with Crippen LogP contribution in [0.1, 0.15) is 47.8 Å². The van der Waals surface area contributed by atoms with Crippen LogP contribution in [0.25, 0.3) is 11.1 Å². The van der Waals surface area contributed by atoms with Gasteiger partial charge in [0.05, 0.1) is 0 Å². The number of nitrogens with one attached hydrogen (secondary N) is 2. The third kappa shape index (κ3) is 5.09. The number of carbonyl (C=O) groups is 3. The molecular formula is C25H25N3O5S. The number of fused-ring (bicyclic) bond motifs is 3. The SMILES string of the molecule is CC(C)C[C@H](NC(=O)c1csc(NC(=O)OCC2c3ccccc3-c3ccccc32)n1)C(=O)O. The molecule has 0 saturated carbocycles. The van der Waals surface area contributed by atoms with E-state index in [0.29, 0.717) is 6.42 Å². The summed E-state index contributed by atoms with van der Waals surface area (Å²) >= 11 is 1.06. The van der Waals surface area contributed by atoms with Gasteiger partial charge in [-0.3, -0.25) is 10.1 Å². The molecule has 3 N–H and O–H groups in total. The van der Waals surface area contributed by atoms with E-state index in [1.54, 1.807) is 0 Å². The Morgan fingerprint density at radius 1 is 1.06 bits per heavy atom. The average molecular weight is 480 g/mol. The lowest BCUT2D eigenvalue weighted by molar-refractivity contribution is -0.139. The molecule has 0 spiro atoms. The molecule has 1 aliphatic carbocycles. The molecule has 0 bridgehead atoms. The normalized spacial score (nSPS) is 13.1. The molecule has 1 aliphatic rings. The number of hydrogen-bond donors (Lipinski definition) is 3. The fraction of sp³-hybridized carbons (Fsp3) is 0.280. The Hall–Kier alpha value is -3.72. The maximum Gasteiger partial charge on any atom is 0.413 e. The summed E-state index contributed by atoms with van der Waals surface area (Å²) in [7, 11) is 0. The zero-order valence-corrected chi connectivity index (χ0v) is 19.6. The molecule has 1 aromatic heterocycles. The van der Waals surface area contributed by atoms with Crippen molar-refractivity contribution in [3.8, 4) is 11.1 Å². The van der Waals surface area contributed by atoms with Crippen molar-refractivity contribution in [2.75, 3.05) is 11.9 Å². The summed E-state index contributed by atoms with van der Waals surface area (Å²) in [6.45, 7) is 3.91. The van der Waals surface area contributed by atoms with Crippen LogP contribution in [0.15, 0.2) is 53.9 Å². The molecule has 0 aliphatic heterocycles. The minimum Gasteiger partial charge on any atom is -0.480 e. The van der Waals surface area contributed by atoms with Gasteiger partial charge in [-0.1, -0.05) is 62.4 Å². The lowest BCUT2D eigenvalue weighted by Gasteiger charge is -2.15. The standard InChI is InChI=1S/C25H25N3O5S/c1-14(2)11-20(23(30)31)26-22(29)21-13-34-24(27-21)28-25(32)33-12-19-17-9-5-3-7-15(17)16-8-4-6-10-18(16)19/h3-10,13-14,19-20H,11-12H2,1-2H3,(H,26,29)(H,30,31)(H,27,28,32)/t20-/m0/s1. The van der Waals surface area contributed by atoms with Gasteiger partial charge in [0.1, 0.15) is 18.3 Å². The maximum absolute atomic E-state index is 12.4. The van der Waals surface area contributed by atoms with Gasteiger partial charge in [0.25, 0.3) is 5.91 Å². The van der Waals surface area contributed by atoms with Crippen molar-refractivity contribution >= 4 is 34.4 Å².